The molecule has 1 aromatic rings. The average molecular weight is 284 g/mol. The number of nitrogens with zero attached hydrogens (tertiary/aromatic N) is 1. The molecule has 1 amide bonds. The number of likely N-dealkylation sites (N-methyl/N-ethyl adjacent to an activating group) is 1. The van der Waals surface area contributed by atoms with Crippen LogP contribution >= 0.6 is 0 Å². The van der Waals surface area contributed by atoms with Crippen molar-refractivity contribution in [3.8, 4) is 5.75 Å². The Morgan fingerprint density at radius 2 is 2.16 bits per heavy atom. The maximum Gasteiger partial charge on any atom is 0.262 e. The normalized spacial score (nSPS) is 18.4. The van der Waals surface area contributed by atoms with E-state index in [1.165, 1.54) is 4.31 Å². The number of nitrogens with one attached hydrogen (secondary N) is 1. The van der Waals surface area contributed by atoms with Crippen LogP contribution in [0.25, 0.3) is 0 Å². The zero-order chi connectivity index (χ0) is 14.0. The van der Waals surface area contributed by atoms with Gasteiger partial charge in [0, 0.05) is 6.54 Å². The Hall–Kier alpha value is -1.76. The summed E-state index contributed by atoms with van der Waals surface area (Å²) < 4.78 is 30.4. The number of rotatable bonds is 3. The Bertz CT molecular complexity index is 585. The second-order valence-electron chi connectivity index (χ2n) is 4.26. The first-order valence-corrected chi connectivity index (χ1v) is 7.79. The van der Waals surface area contributed by atoms with Gasteiger partial charge in [-0.15, -0.1) is 0 Å². The fourth-order valence-corrected chi connectivity index (χ4v) is 2.86. The molecule has 0 fully saturated rings. The molecule has 0 saturated heterocycles. The summed E-state index contributed by atoms with van der Waals surface area (Å²) in [6.07, 6.45) is 0.286. The summed E-state index contributed by atoms with van der Waals surface area (Å²) in [5.41, 5.74) is 0.463. The van der Waals surface area contributed by atoms with E-state index in [0.717, 1.165) is 6.26 Å². The molecule has 104 valence electrons. The second kappa shape index (κ2) is 5.08. The van der Waals surface area contributed by atoms with Crippen LogP contribution in [0.4, 0.5) is 5.69 Å². The molecule has 0 spiro atoms. The van der Waals surface area contributed by atoms with Crippen LogP contribution in [0.1, 0.15) is 6.92 Å². The van der Waals surface area contributed by atoms with Gasteiger partial charge in [0.2, 0.25) is 10.0 Å². The maximum absolute atomic E-state index is 11.8. The van der Waals surface area contributed by atoms with Crippen molar-refractivity contribution in [3.05, 3.63) is 24.3 Å². The van der Waals surface area contributed by atoms with Crippen LogP contribution in [0, 0.1) is 0 Å². The number of anilines is 1. The number of ether oxygens (including phenoxy) is 1. The molecule has 1 atom stereocenters. The predicted molar refractivity (Wildman–Crippen MR) is 71.7 cm³/mol. The minimum atomic E-state index is -3.45. The van der Waals surface area contributed by atoms with Crippen LogP contribution in [0.2, 0.25) is 0 Å². The quantitative estimate of drug-likeness (QED) is 0.869. The molecule has 2 rings (SSSR count). The van der Waals surface area contributed by atoms with Crippen molar-refractivity contribution in [2.75, 3.05) is 23.7 Å². The van der Waals surface area contributed by atoms with Crippen molar-refractivity contribution < 1.29 is 17.9 Å². The van der Waals surface area contributed by atoms with Gasteiger partial charge in [-0.2, -0.15) is 0 Å². The lowest BCUT2D eigenvalue weighted by Gasteiger charge is -2.33. The molecule has 19 heavy (non-hydrogen) atoms. The highest BCUT2D eigenvalue weighted by Crippen LogP contribution is 2.34. The van der Waals surface area contributed by atoms with Gasteiger partial charge in [-0.3, -0.25) is 9.10 Å². The van der Waals surface area contributed by atoms with Crippen molar-refractivity contribution in [1.29, 1.82) is 0 Å². The average Bonchev–Trinajstić information content (AvgIpc) is 2.36. The molecule has 1 aromatic carbocycles. The summed E-state index contributed by atoms with van der Waals surface area (Å²) in [6, 6.07) is 6.77. The van der Waals surface area contributed by atoms with E-state index in [9.17, 15) is 13.2 Å². The van der Waals surface area contributed by atoms with E-state index in [1.807, 2.05) is 0 Å². The van der Waals surface area contributed by atoms with Crippen molar-refractivity contribution in [2.24, 2.45) is 0 Å². The molecule has 0 aromatic heterocycles. The Balaban J connectivity index is 2.38. The van der Waals surface area contributed by atoms with Crippen molar-refractivity contribution in [2.45, 2.75) is 13.0 Å². The first-order valence-electron chi connectivity index (χ1n) is 5.94. The first kappa shape index (κ1) is 13.7. The van der Waals surface area contributed by atoms with E-state index in [0.29, 0.717) is 18.0 Å². The summed E-state index contributed by atoms with van der Waals surface area (Å²) >= 11 is 0. The van der Waals surface area contributed by atoms with E-state index in [4.69, 9.17) is 4.74 Å². The largest absolute Gasteiger partial charge is 0.476 e. The third-order valence-corrected chi connectivity index (χ3v) is 3.93. The fourth-order valence-electron chi connectivity index (χ4n) is 1.94. The molecule has 1 aliphatic rings. The number of hydrogen-bond donors (Lipinski definition) is 1. The Morgan fingerprint density at radius 1 is 1.47 bits per heavy atom. The molecule has 1 aliphatic heterocycles. The van der Waals surface area contributed by atoms with Gasteiger partial charge in [-0.1, -0.05) is 12.1 Å². The molecule has 0 unspecified atom stereocenters. The van der Waals surface area contributed by atoms with Gasteiger partial charge in [0.25, 0.3) is 5.91 Å². The summed E-state index contributed by atoms with van der Waals surface area (Å²) in [5.74, 6) is 0.0843. The molecular weight excluding hydrogens is 268 g/mol. The van der Waals surface area contributed by atoms with Gasteiger partial charge in [0.15, 0.2) is 6.10 Å². The molecule has 1 N–H and O–H groups in total. The van der Waals surface area contributed by atoms with E-state index in [1.54, 1.807) is 31.2 Å². The van der Waals surface area contributed by atoms with Crippen molar-refractivity contribution >= 4 is 21.6 Å². The Kier molecular flexibility index (Phi) is 3.66. The van der Waals surface area contributed by atoms with Gasteiger partial charge < -0.3 is 10.1 Å². The van der Waals surface area contributed by atoms with Crippen molar-refractivity contribution in [3.63, 3.8) is 0 Å². The van der Waals surface area contributed by atoms with E-state index in [2.05, 4.69) is 5.32 Å². The SMILES string of the molecule is CCNC(=O)[C@@H]1CN(S(C)(=O)=O)c2ccccc2O1. The molecule has 6 nitrogen and oxygen atoms in total. The van der Waals surface area contributed by atoms with Gasteiger partial charge in [0.1, 0.15) is 5.75 Å². The number of carbonyl (C=O) groups is 1. The molecule has 1 heterocycles. The van der Waals surface area contributed by atoms with Gasteiger partial charge in [-0.25, -0.2) is 8.42 Å². The van der Waals surface area contributed by atoms with Gasteiger partial charge >= 0.3 is 0 Å². The third-order valence-electron chi connectivity index (χ3n) is 2.78. The lowest BCUT2D eigenvalue weighted by molar-refractivity contribution is -0.127. The highest BCUT2D eigenvalue weighted by atomic mass is 32.2. The fraction of sp³-hybridized carbons (Fsp3) is 0.417. The van der Waals surface area contributed by atoms with E-state index >= 15 is 0 Å². The molecule has 0 bridgehead atoms. The highest BCUT2D eigenvalue weighted by Gasteiger charge is 2.34. The highest BCUT2D eigenvalue weighted by molar-refractivity contribution is 7.92. The predicted octanol–water partition coefficient (Wildman–Crippen LogP) is 0.350. The summed E-state index contributed by atoms with van der Waals surface area (Å²) in [4.78, 5) is 11.8. The molecule has 0 saturated carbocycles. The lowest BCUT2D eigenvalue weighted by atomic mass is 10.2. The van der Waals surface area contributed by atoms with Crippen LogP contribution in [-0.4, -0.2) is 39.8 Å². The van der Waals surface area contributed by atoms with Crippen LogP contribution in [0.3, 0.4) is 0 Å². The minimum absolute atomic E-state index is 0.0122. The lowest BCUT2D eigenvalue weighted by Crippen LogP contribution is -2.50. The number of amides is 1. The number of sulfonamides is 1. The Morgan fingerprint density at radius 3 is 2.79 bits per heavy atom. The molecule has 7 heteroatoms. The zero-order valence-electron chi connectivity index (χ0n) is 10.8. The smallest absolute Gasteiger partial charge is 0.262 e. The summed E-state index contributed by atoms with van der Waals surface area (Å²) in [6.45, 7) is 2.25. The van der Waals surface area contributed by atoms with E-state index in [-0.39, 0.29) is 12.5 Å². The standard InChI is InChI=1S/C12H16N2O4S/c1-3-13-12(15)11-8-14(19(2,16)17)9-6-4-5-7-10(9)18-11/h4-7,11H,3,8H2,1-2H3,(H,13,15)/t11-/m0/s1. The topological polar surface area (TPSA) is 75.7 Å². The number of fused-ring (bicyclic) bond motifs is 1. The number of para-hydroxylation sites is 2. The molecular formula is C12H16N2O4S. The van der Waals surface area contributed by atoms with Crippen LogP contribution in [0.5, 0.6) is 5.75 Å². The second-order valence-corrected chi connectivity index (χ2v) is 6.17. The summed E-state index contributed by atoms with van der Waals surface area (Å²) in [7, 11) is -3.45. The number of carbonyl (C=O) groups excluding carboxylic acids is 1. The number of hydrogen-bond acceptors (Lipinski definition) is 4. The number of benzene rings is 1. The maximum atomic E-state index is 11.8. The first-order chi connectivity index (χ1) is 8.93. The third kappa shape index (κ3) is 2.81. The monoisotopic (exact) mass is 284 g/mol. The summed E-state index contributed by atoms with van der Waals surface area (Å²) in [5, 5.41) is 2.63. The van der Waals surface area contributed by atoms with E-state index < -0.39 is 16.1 Å². The van der Waals surface area contributed by atoms with Crippen LogP contribution in [-0.2, 0) is 14.8 Å². The van der Waals surface area contributed by atoms with Crippen LogP contribution < -0.4 is 14.4 Å². The minimum Gasteiger partial charge on any atom is -0.476 e. The van der Waals surface area contributed by atoms with Gasteiger partial charge in [-0.05, 0) is 19.1 Å². The van der Waals surface area contributed by atoms with Crippen molar-refractivity contribution in [1.82, 2.24) is 5.32 Å². The zero-order valence-corrected chi connectivity index (χ0v) is 11.6. The Labute approximate surface area is 112 Å². The molecule has 0 radical (unpaired) electrons. The van der Waals surface area contributed by atoms with Gasteiger partial charge in [0.05, 0.1) is 18.5 Å². The van der Waals surface area contributed by atoms with Crippen LogP contribution in [0.15, 0.2) is 24.3 Å². The molecule has 0 aliphatic carbocycles.